The maximum Gasteiger partial charge on any atom is 0.303 e. The van der Waals surface area contributed by atoms with Crippen molar-refractivity contribution in [2.24, 2.45) is 5.92 Å². The first kappa shape index (κ1) is 13.5. The van der Waals surface area contributed by atoms with Crippen molar-refractivity contribution < 1.29 is 9.90 Å². The monoisotopic (exact) mass is 227 g/mol. The van der Waals surface area contributed by atoms with Gasteiger partial charge in [0.1, 0.15) is 0 Å². The lowest BCUT2D eigenvalue weighted by Gasteiger charge is -2.26. The van der Waals surface area contributed by atoms with Crippen molar-refractivity contribution in [1.82, 2.24) is 4.90 Å². The van der Waals surface area contributed by atoms with Gasteiger partial charge in [0.2, 0.25) is 0 Å². The van der Waals surface area contributed by atoms with Crippen LogP contribution in [0.2, 0.25) is 0 Å². The average Bonchev–Trinajstić information content (AvgIpc) is 2.42. The zero-order chi connectivity index (χ0) is 12.0. The maximum absolute atomic E-state index is 10.4. The number of aliphatic carboxylic acids is 1. The molecule has 1 aliphatic carbocycles. The Hall–Kier alpha value is -0.570. The van der Waals surface area contributed by atoms with Crippen LogP contribution in [0.5, 0.6) is 0 Å². The third kappa shape index (κ3) is 4.97. The number of hydrogen-bond donors (Lipinski definition) is 1. The van der Waals surface area contributed by atoms with E-state index in [-0.39, 0.29) is 0 Å². The zero-order valence-corrected chi connectivity index (χ0v) is 10.6. The molecule has 0 amide bonds. The summed E-state index contributed by atoms with van der Waals surface area (Å²) in [6, 6.07) is 0.679. The second kappa shape index (κ2) is 6.89. The minimum Gasteiger partial charge on any atom is -0.481 e. The van der Waals surface area contributed by atoms with Crippen LogP contribution in [0.25, 0.3) is 0 Å². The first-order valence-corrected chi connectivity index (χ1v) is 6.51. The molecule has 1 N–H and O–H groups in total. The van der Waals surface area contributed by atoms with E-state index in [4.69, 9.17) is 5.11 Å². The smallest absolute Gasteiger partial charge is 0.303 e. The Balaban J connectivity index is 2.24. The molecular formula is C13H25NO2. The molecule has 0 aromatic rings. The van der Waals surface area contributed by atoms with Gasteiger partial charge in [-0.3, -0.25) is 4.79 Å². The standard InChI is InChI=1S/C13H25NO2/c1-11-5-3-6-12(9-8-11)14(2)10-4-7-13(15)16/h11-12H,3-10H2,1-2H3,(H,15,16). The molecule has 0 aromatic heterocycles. The van der Waals surface area contributed by atoms with Crippen LogP contribution in [0.1, 0.15) is 51.9 Å². The predicted molar refractivity (Wildman–Crippen MR) is 65.5 cm³/mol. The molecule has 3 heteroatoms. The highest BCUT2D eigenvalue weighted by molar-refractivity contribution is 5.66. The number of carboxylic acid groups (broad SMARTS) is 1. The summed E-state index contributed by atoms with van der Waals surface area (Å²) in [5.74, 6) is 0.195. The first-order valence-electron chi connectivity index (χ1n) is 6.51. The molecule has 1 saturated carbocycles. The Labute approximate surface area is 98.8 Å². The summed E-state index contributed by atoms with van der Waals surface area (Å²) in [7, 11) is 2.14. The predicted octanol–water partition coefficient (Wildman–Crippen LogP) is 2.75. The Bertz CT molecular complexity index is 218. The molecule has 0 aromatic carbocycles. The van der Waals surface area contributed by atoms with Crippen LogP contribution >= 0.6 is 0 Å². The van der Waals surface area contributed by atoms with Crippen LogP contribution in [-0.2, 0) is 4.79 Å². The van der Waals surface area contributed by atoms with Crippen LogP contribution in [0.4, 0.5) is 0 Å². The van der Waals surface area contributed by atoms with Crippen LogP contribution < -0.4 is 0 Å². The van der Waals surface area contributed by atoms with Crippen molar-refractivity contribution in [3.05, 3.63) is 0 Å². The van der Waals surface area contributed by atoms with Crippen LogP contribution in [-0.4, -0.2) is 35.6 Å². The van der Waals surface area contributed by atoms with Crippen molar-refractivity contribution in [3.63, 3.8) is 0 Å². The van der Waals surface area contributed by atoms with Gasteiger partial charge in [0, 0.05) is 12.5 Å². The molecular weight excluding hydrogens is 202 g/mol. The highest BCUT2D eigenvalue weighted by atomic mass is 16.4. The molecule has 0 spiro atoms. The Kier molecular flexibility index (Phi) is 5.81. The lowest BCUT2D eigenvalue weighted by molar-refractivity contribution is -0.137. The Morgan fingerprint density at radius 1 is 1.31 bits per heavy atom. The van der Waals surface area contributed by atoms with Gasteiger partial charge in [0.15, 0.2) is 0 Å². The van der Waals surface area contributed by atoms with E-state index >= 15 is 0 Å². The molecule has 0 aliphatic heterocycles. The largest absolute Gasteiger partial charge is 0.481 e. The topological polar surface area (TPSA) is 40.5 Å². The van der Waals surface area contributed by atoms with E-state index in [0.717, 1.165) is 18.9 Å². The van der Waals surface area contributed by atoms with Crippen LogP contribution in [0, 0.1) is 5.92 Å². The maximum atomic E-state index is 10.4. The van der Waals surface area contributed by atoms with E-state index in [9.17, 15) is 4.79 Å². The molecule has 0 heterocycles. The van der Waals surface area contributed by atoms with Gasteiger partial charge >= 0.3 is 5.97 Å². The van der Waals surface area contributed by atoms with E-state index in [1.54, 1.807) is 0 Å². The van der Waals surface area contributed by atoms with Crippen molar-refractivity contribution in [3.8, 4) is 0 Å². The lowest BCUT2D eigenvalue weighted by atomic mass is 10.0. The SMILES string of the molecule is CC1CCCC(N(C)CCCC(=O)O)CC1. The van der Waals surface area contributed by atoms with Gasteiger partial charge in [0.25, 0.3) is 0 Å². The van der Waals surface area contributed by atoms with Gasteiger partial charge in [-0.2, -0.15) is 0 Å². The average molecular weight is 227 g/mol. The summed E-state index contributed by atoms with van der Waals surface area (Å²) < 4.78 is 0. The highest BCUT2D eigenvalue weighted by Crippen LogP contribution is 2.25. The molecule has 2 atom stereocenters. The molecule has 1 aliphatic rings. The summed E-state index contributed by atoms with van der Waals surface area (Å²) in [4.78, 5) is 12.8. The first-order chi connectivity index (χ1) is 7.59. The number of nitrogens with zero attached hydrogens (tertiary/aromatic N) is 1. The quantitative estimate of drug-likeness (QED) is 0.734. The van der Waals surface area contributed by atoms with E-state index in [1.807, 2.05) is 0 Å². The summed E-state index contributed by atoms with van der Waals surface area (Å²) in [6.45, 7) is 3.26. The fraction of sp³-hybridized carbons (Fsp3) is 0.923. The third-order valence-corrected chi connectivity index (χ3v) is 3.75. The van der Waals surface area contributed by atoms with Gasteiger partial charge in [-0.05, 0) is 45.2 Å². The fourth-order valence-corrected chi connectivity index (χ4v) is 2.57. The van der Waals surface area contributed by atoms with Gasteiger partial charge in [-0.1, -0.05) is 19.8 Å². The van der Waals surface area contributed by atoms with E-state index in [2.05, 4.69) is 18.9 Å². The summed E-state index contributed by atoms with van der Waals surface area (Å²) in [5.41, 5.74) is 0. The third-order valence-electron chi connectivity index (χ3n) is 3.75. The normalized spacial score (nSPS) is 26.7. The number of carbonyl (C=O) groups is 1. The summed E-state index contributed by atoms with van der Waals surface area (Å²) in [6.07, 6.45) is 7.66. The molecule has 3 nitrogen and oxygen atoms in total. The molecule has 1 rings (SSSR count). The van der Waals surface area contributed by atoms with Crippen molar-refractivity contribution >= 4 is 5.97 Å². The second-order valence-electron chi connectivity index (χ2n) is 5.25. The number of hydrogen-bond acceptors (Lipinski definition) is 2. The van der Waals surface area contributed by atoms with Gasteiger partial charge in [-0.25, -0.2) is 0 Å². The van der Waals surface area contributed by atoms with Gasteiger partial charge < -0.3 is 10.0 Å². The summed E-state index contributed by atoms with van der Waals surface area (Å²) >= 11 is 0. The Morgan fingerprint density at radius 3 is 2.75 bits per heavy atom. The van der Waals surface area contributed by atoms with E-state index < -0.39 is 5.97 Å². The summed E-state index contributed by atoms with van der Waals surface area (Å²) in [5, 5.41) is 8.60. The molecule has 16 heavy (non-hydrogen) atoms. The van der Waals surface area contributed by atoms with Gasteiger partial charge in [0.05, 0.1) is 0 Å². The molecule has 2 unspecified atom stereocenters. The molecule has 0 bridgehead atoms. The van der Waals surface area contributed by atoms with Crippen molar-refractivity contribution in [2.45, 2.75) is 57.9 Å². The zero-order valence-electron chi connectivity index (χ0n) is 10.6. The number of carboxylic acids is 1. The molecule has 94 valence electrons. The second-order valence-corrected chi connectivity index (χ2v) is 5.25. The molecule has 0 saturated heterocycles. The van der Waals surface area contributed by atoms with Crippen molar-refractivity contribution in [1.29, 1.82) is 0 Å². The Morgan fingerprint density at radius 2 is 2.06 bits per heavy atom. The van der Waals surface area contributed by atoms with Crippen LogP contribution in [0.15, 0.2) is 0 Å². The van der Waals surface area contributed by atoms with Crippen molar-refractivity contribution in [2.75, 3.05) is 13.6 Å². The van der Waals surface area contributed by atoms with Gasteiger partial charge in [-0.15, -0.1) is 0 Å². The highest BCUT2D eigenvalue weighted by Gasteiger charge is 2.19. The fourth-order valence-electron chi connectivity index (χ4n) is 2.57. The molecule has 1 fully saturated rings. The number of rotatable bonds is 5. The molecule has 0 radical (unpaired) electrons. The van der Waals surface area contributed by atoms with Crippen LogP contribution in [0.3, 0.4) is 0 Å². The lowest BCUT2D eigenvalue weighted by Crippen LogP contribution is -2.32. The minimum atomic E-state index is -0.678. The van der Waals surface area contributed by atoms with E-state index in [0.29, 0.717) is 12.5 Å². The van der Waals surface area contributed by atoms with E-state index in [1.165, 1.54) is 32.1 Å². The minimum absolute atomic E-state index is 0.299.